The van der Waals surface area contributed by atoms with Gasteiger partial charge in [-0.15, -0.1) is 0 Å². The first-order chi connectivity index (χ1) is 15.0. The number of halogens is 3. The predicted molar refractivity (Wildman–Crippen MR) is 94.0 cm³/mol. The van der Waals surface area contributed by atoms with Crippen molar-refractivity contribution in [3.63, 3.8) is 0 Å². The van der Waals surface area contributed by atoms with E-state index < -0.39 is 84.4 Å². The minimum Gasteiger partial charge on any atom is -0.456 e. The molecular weight excluding hydrogens is 489 g/mol. The fraction of sp³-hybridized carbons (Fsp3) is 0.750. The van der Waals surface area contributed by atoms with E-state index in [9.17, 15) is 40.8 Å². The van der Waals surface area contributed by atoms with Crippen LogP contribution < -0.4 is 0 Å². The average molecular weight is 510 g/mol. The van der Waals surface area contributed by atoms with Crippen molar-refractivity contribution in [2.75, 3.05) is 13.2 Å². The molecular formula is C16H21F3O13S. The lowest BCUT2D eigenvalue weighted by Gasteiger charge is -2.43. The minimum absolute atomic E-state index is 0.922. The first-order valence-electron chi connectivity index (χ1n) is 8.95. The van der Waals surface area contributed by atoms with Crippen LogP contribution in [0.3, 0.4) is 0 Å². The SMILES string of the molecule is CC(=O)O[C@@H]1O[C@H](COS(=O)(=O)OCC(F)(F)F)[C@@H](OC(C)=O)[C@H](OC(C)=O)[C@H]1OC(C)=O. The van der Waals surface area contributed by atoms with Crippen molar-refractivity contribution in [3.8, 4) is 0 Å². The molecule has 1 heterocycles. The van der Waals surface area contributed by atoms with Crippen LogP contribution in [0.25, 0.3) is 0 Å². The maximum Gasteiger partial charge on any atom is 0.413 e. The van der Waals surface area contributed by atoms with Crippen molar-refractivity contribution >= 4 is 34.3 Å². The second-order valence-electron chi connectivity index (χ2n) is 6.44. The van der Waals surface area contributed by atoms with Crippen molar-refractivity contribution in [2.45, 2.75) is 64.6 Å². The molecule has 0 radical (unpaired) electrons. The van der Waals surface area contributed by atoms with E-state index in [2.05, 4.69) is 8.37 Å². The Hall–Kier alpha value is -2.50. The van der Waals surface area contributed by atoms with Gasteiger partial charge in [-0.05, 0) is 0 Å². The second kappa shape index (κ2) is 11.6. The molecule has 17 heteroatoms. The zero-order valence-electron chi connectivity index (χ0n) is 17.7. The summed E-state index contributed by atoms with van der Waals surface area (Å²) in [7, 11) is -5.22. The summed E-state index contributed by atoms with van der Waals surface area (Å²) >= 11 is 0. The number of hydrogen-bond donors (Lipinski definition) is 0. The van der Waals surface area contributed by atoms with Gasteiger partial charge in [-0.1, -0.05) is 0 Å². The molecule has 33 heavy (non-hydrogen) atoms. The largest absolute Gasteiger partial charge is 0.456 e. The van der Waals surface area contributed by atoms with Crippen LogP contribution in [-0.2, 0) is 61.6 Å². The molecule has 1 saturated heterocycles. The first-order valence-corrected chi connectivity index (χ1v) is 10.3. The molecule has 1 aliphatic rings. The van der Waals surface area contributed by atoms with E-state index in [1.54, 1.807) is 0 Å². The van der Waals surface area contributed by atoms with E-state index in [1.165, 1.54) is 0 Å². The molecule has 0 saturated carbocycles. The Morgan fingerprint density at radius 3 is 1.67 bits per heavy atom. The third kappa shape index (κ3) is 10.3. The number of hydrogen-bond acceptors (Lipinski definition) is 13. The Morgan fingerprint density at radius 1 is 0.758 bits per heavy atom. The van der Waals surface area contributed by atoms with Crippen molar-refractivity contribution in [1.82, 2.24) is 0 Å². The van der Waals surface area contributed by atoms with Crippen LogP contribution in [0.2, 0.25) is 0 Å². The number of ether oxygens (including phenoxy) is 5. The summed E-state index contributed by atoms with van der Waals surface area (Å²) in [4.78, 5) is 46.1. The summed E-state index contributed by atoms with van der Waals surface area (Å²) in [5.41, 5.74) is 0. The first kappa shape index (κ1) is 28.5. The van der Waals surface area contributed by atoms with Crippen molar-refractivity contribution in [1.29, 1.82) is 0 Å². The molecule has 0 aromatic carbocycles. The highest BCUT2D eigenvalue weighted by atomic mass is 32.3. The molecule has 1 fully saturated rings. The van der Waals surface area contributed by atoms with Gasteiger partial charge in [-0.25, -0.2) is 8.37 Å². The molecule has 190 valence electrons. The van der Waals surface area contributed by atoms with Crippen molar-refractivity contribution in [2.24, 2.45) is 0 Å². The molecule has 0 aliphatic carbocycles. The Labute approximate surface area is 185 Å². The highest BCUT2D eigenvalue weighted by Gasteiger charge is 2.53. The van der Waals surface area contributed by atoms with E-state index in [0.717, 1.165) is 27.7 Å². The lowest BCUT2D eigenvalue weighted by molar-refractivity contribution is -0.298. The standard InChI is InChI=1S/C16H21F3O13S/c1-7(20)28-12-11(5-26-33(24,25)27-6-16(17,18)19)32-15(31-10(4)23)14(30-9(3)22)13(12)29-8(2)21/h11-15H,5-6H2,1-4H3/t11-,12-,13+,14-,15-/m1/s1. The highest BCUT2D eigenvalue weighted by Crippen LogP contribution is 2.30. The number of carbonyl (C=O) groups excluding carboxylic acids is 4. The lowest BCUT2D eigenvalue weighted by atomic mass is 9.98. The van der Waals surface area contributed by atoms with E-state index in [1.807, 2.05) is 0 Å². The Balaban J connectivity index is 3.26. The topological polar surface area (TPSA) is 167 Å². The number of carbonyl (C=O) groups is 4. The fourth-order valence-corrected chi connectivity index (χ4v) is 3.22. The Bertz CT molecular complexity index is 841. The summed E-state index contributed by atoms with van der Waals surface area (Å²) in [5, 5.41) is 0. The molecule has 0 unspecified atom stereocenters. The molecule has 1 rings (SSSR count). The molecule has 0 aromatic rings. The summed E-state index contributed by atoms with van der Waals surface area (Å²) < 4.78 is 93.1. The van der Waals surface area contributed by atoms with Gasteiger partial charge in [0.2, 0.25) is 12.4 Å². The summed E-state index contributed by atoms with van der Waals surface area (Å²) in [6.07, 6.45) is -13.6. The van der Waals surface area contributed by atoms with Gasteiger partial charge in [-0.3, -0.25) is 19.2 Å². The highest BCUT2D eigenvalue weighted by molar-refractivity contribution is 7.81. The number of esters is 4. The minimum atomic E-state index is -5.22. The second-order valence-corrected chi connectivity index (χ2v) is 7.73. The van der Waals surface area contributed by atoms with Gasteiger partial charge < -0.3 is 23.7 Å². The molecule has 0 N–H and O–H groups in total. The van der Waals surface area contributed by atoms with Gasteiger partial charge in [0.25, 0.3) is 0 Å². The maximum absolute atomic E-state index is 12.2. The third-order valence-corrected chi connectivity index (χ3v) is 4.35. The Morgan fingerprint density at radius 2 is 1.21 bits per heavy atom. The van der Waals surface area contributed by atoms with Gasteiger partial charge in [0.1, 0.15) is 6.10 Å². The average Bonchev–Trinajstić information content (AvgIpc) is 2.61. The smallest absolute Gasteiger partial charge is 0.413 e. The number of rotatable bonds is 9. The fourth-order valence-electron chi connectivity index (χ4n) is 2.57. The number of alkyl halides is 3. The Kier molecular flexibility index (Phi) is 10.0. The van der Waals surface area contributed by atoms with E-state index in [-0.39, 0.29) is 0 Å². The summed E-state index contributed by atoms with van der Waals surface area (Å²) in [6.45, 7) is 0.428. The third-order valence-electron chi connectivity index (χ3n) is 3.52. The molecule has 13 nitrogen and oxygen atoms in total. The maximum atomic E-state index is 12.2. The molecule has 0 bridgehead atoms. The van der Waals surface area contributed by atoms with E-state index in [4.69, 9.17) is 23.7 Å². The van der Waals surface area contributed by atoms with Gasteiger partial charge in [0.05, 0.1) is 6.61 Å². The zero-order valence-corrected chi connectivity index (χ0v) is 18.5. The van der Waals surface area contributed by atoms with Gasteiger partial charge in [0.15, 0.2) is 18.8 Å². The van der Waals surface area contributed by atoms with Crippen LogP contribution in [0, 0.1) is 0 Å². The molecule has 5 atom stereocenters. The van der Waals surface area contributed by atoms with Crippen molar-refractivity contribution in [3.05, 3.63) is 0 Å². The predicted octanol–water partition coefficient (Wildman–Crippen LogP) is -0.0902. The van der Waals surface area contributed by atoms with Crippen LogP contribution >= 0.6 is 0 Å². The van der Waals surface area contributed by atoms with E-state index >= 15 is 0 Å². The van der Waals surface area contributed by atoms with Crippen LogP contribution in [0.15, 0.2) is 0 Å². The molecule has 0 aromatic heterocycles. The molecule has 0 amide bonds. The van der Waals surface area contributed by atoms with Crippen LogP contribution in [0.5, 0.6) is 0 Å². The van der Waals surface area contributed by atoms with Crippen LogP contribution in [0.1, 0.15) is 27.7 Å². The van der Waals surface area contributed by atoms with Gasteiger partial charge in [-0.2, -0.15) is 21.6 Å². The molecule has 1 aliphatic heterocycles. The molecule has 0 spiro atoms. The van der Waals surface area contributed by atoms with Crippen LogP contribution in [-0.4, -0.2) is 82.4 Å². The van der Waals surface area contributed by atoms with Crippen molar-refractivity contribution < 1.29 is 72.8 Å². The van der Waals surface area contributed by atoms with Crippen LogP contribution in [0.4, 0.5) is 13.2 Å². The van der Waals surface area contributed by atoms with Gasteiger partial charge >= 0.3 is 40.5 Å². The summed E-state index contributed by atoms with van der Waals surface area (Å²) in [6, 6.07) is 0. The lowest BCUT2D eigenvalue weighted by Crippen LogP contribution is -2.63. The summed E-state index contributed by atoms with van der Waals surface area (Å²) in [5.74, 6) is -3.88. The normalized spacial score (nSPS) is 25.6. The quantitative estimate of drug-likeness (QED) is 0.298. The van der Waals surface area contributed by atoms with Gasteiger partial charge in [0, 0.05) is 27.7 Å². The monoisotopic (exact) mass is 510 g/mol. The zero-order chi connectivity index (χ0) is 25.6. The van der Waals surface area contributed by atoms with E-state index in [0.29, 0.717) is 0 Å².